The summed E-state index contributed by atoms with van der Waals surface area (Å²) in [4.78, 5) is 0. The summed E-state index contributed by atoms with van der Waals surface area (Å²) in [6.45, 7) is 0. The molecule has 3 rings (SSSR count). The standard InChI is InChI=1S/C16H16O7/c1-22-16(21)10-4-3-9(17)7-13(10)23-14(15(16)20)8-2-5-11(18)12(19)6-8/h2-7,14-15,17-21H,1H3. The van der Waals surface area contributed by atoms with Gasteiger partial charge in [0.2, 0.25) is 5.79 Å². The molecule has 3 atom stereocenters. The van der Waals surface area contributed by atoms with Gasteiger partial charge >= 0.3 is 0 Å². The number of methoxy groups -OCH3 is 1. The second-order valence-electron chi connectivity index (χ2n) is 5.31. The zero-order chi connectivity index (χ0) is 16.8. The van der Waals surface area contributed by atoms with Gasteiger partial charge in [-0.1, -0.05) is 6.07 Å². The van der Waals surface area contributed by atoms with Crippen molar-refractivity contribution in [3.63, 3.8) is 0 Å². The summed E-state index contributed by atoms with van der Waals surface area (Å²) in [5.41, 5.74) is 0.488. The summed E-state index contributed by atoms with van der Waals surface area (Å²) in [7, 11) is 1.23. The lowest BCUT2D eigenvalue weighted by molar-refractivity contribution is -0.280. The molecule has 0 radical (unpaired) electrons. The molecule has 0 bridgehead atoms. The first-order chi connectivity index (χ1) is 10.9. The quantitative estimate of drug-likeness (QED) is 0.415. The fourth-order valence-electron chi connectivity index (χ4n) is 2.67. The smallest absolute Gasteiger partial charge is 0.226 e. The molecule has 2 aromatic rings. The van der Waals surface area contributed by atoms with Crippen LogP contribution in [0.25, 0.3) is 0 Å². The number of fused-ring (bicyclic) bond motifs is 1. The molecule has 3 unspecified atom stereocenters. The van der Waals surface area contributed by atoms with Gasteiger partial charge in [0.1, 0.15) is 11.5 Å². The van der Waals surface area contributed by atoms with Gasteiger partial charge in [-0.25, -0.2) is 0 Å². The first-order valence-electron chi connectivity index (χ1n) is 6.84. The van der Waals surface area contributed by atoms with Crippen molar-refractivity contribution >= 4 is 0 Å². The summed E-state index contributed by atoms with van der Waals surface area (Å²) in [5.74, 6) is -2.71. The predicted octanol–water partition coefficient (Wildman–Crippen LogP) is 1.09. The molecule has 0 saturated heterocycles. The van der Waals surface area contributed by atoms with Crippen LogP contribution in [-0.4, -0.2) is 38.7 Å². The van der Waals surface area contributed by atoms with Gasteiger partial charge in [0.05, 0.1) is 5.56 Å². The maximum Gasteiger partial charge on any atom is 0.226 e. The van der Waals surface area contributed by atoms with E-state index >= 15 is 0 Å². The van der Waals surface area contributed by atoms with Gasteiger partial charge in [0.25, 0.3) is 0 Å². The van der Waals surface area contributed by atoms with Crippen molar-refractivity contribution in [1.29, 1.82) is 0 Å². The number of aromatic hydroxyl groups is 3. The van der Waals surface area contributed by atoms with Crippen LogP contribution in [0.4, 0.5) is 0 Å². The molecule has 0 aliphatic carbocycles. The van der Waals surface area contributed by atoms with Gasteiger partial charge in [-0.15, -0.1) is 0 Å². The third kappa shape index (κ3) is 2.35. The predicted molar refractivity (Wildman–Crippen MR) is 78.2 cm³/mol. The molecular formula is C16H16O7. The Morgan fingerprint density at radius 1 is 1.04 bits per heavy atom. The van der Waals surface area contributed by atoms with Crippen molar-refractivity contribution in [1.82, 2.24) is 0 Å². The highest BCUT2D eigenvalue weighted by atomic mass is 16.6. The summed E-state index contributed by atoms with van der Waals surface area (Å²) < 4.78 is 10.8. The van der Waals surface area contributed by atoms with Crippen LogP contribution < -0.4 is 4.74 Å². The highest BCUT2D eigenvalue weighted by Crippen LogP contribution is 2.46. The number of benzene rings is 2. The van der Waals surface area contributed by atoms with Gasteiger partial charge in [0, 0.05) is 13.2 Å². The van der Waals surface area contributed by atoms with Crippen LogP contribution in [0.5, 0.6) is 23.0 Å². The zero-order valence-electron chi connectivity index (χ0n) is 12.2. The van der Waals surface area contributed by atoms with Crippen LogP contribution in [0.1, 0.15) is 17.2 Å². The molecule has 1 heterocycles. The van der Waals surface area contributed by atoms with Crippen molar-refractivity contribution in [3.8, 4) is 23.0 Å². The molecule has 7 heteroatoms. The fourth-order valence-corrected chi connectivity index (χ4v) is 2.67. The number of aliphatic hydroxyl groups is 2. The number of phenolic OH excluding ortho intramolecular Hbond substituents is 3. The lowest BCUT2D eigenvalue weighted by Crippen LogP contribution is -2.49. The van der Waals surface area contributed by atoms with Crippen LogP contribution in [0.2, 0.25) is 0 Å². The molecule has 2 aromatic carbocycles. The van der Waals surface area contributed by atoms with E-state index in [1.54, 1.807) is 0 Å². The van der Waals surface area contributed by atoms with E-state index < -0.39 is 18.0 Å². The Hall–Kier alpha value is -2.48. The Morgan fingerprint density at radius 2 is 1.78 bits per heavy atom. The number of ether oxygens (including phenoxy) is 2. The van der Waals surface area contributed by atoms with Gasteiger partial charge in [0.15, 0.2) is 23.7 Å². The lowest BCUT2D eigenvalue weighted by Gasteiger charge is -2.41. The van der Waals surface area contributed by atoms with Crippen LogP contribution in [0.3, 0.4) is 0 Å². The Kier molecular flexibility index (Phi) is 3.56. The third-order valence-electron chi connectivity index (χ3n) is 3.93. The Morgan fingerprint density at radius 3 is 2.43 bits per heavy atom. The number of rotatable bonds is 2. The number of phenols is 3. The molecule has 5 N–H and O–H groups in total. The van der Waals surface area contributed by atoms with E-state index in [9.17, 15) is 25.5 Å². The van der Waals surface area contributed by atoms with E-state index in [0.717, 1.165) is 0 Å². The van der Waals surface area contributed by atoms with Crippen molar-refractivity contribution < 1.29 is 35.0 Å². The molecule has 122 valence electrons. The van der Waals surface area contributed by atoms with E-state index in [4.69, 9.17) is 9.47 Å². The van der Waals surface area contributed by atoms with Crippen molar-refractivity contribution in [2.45, 2.75) is 18.0 Å². The molecule has 1 aliphatic rings. The minimum Gasteiger partial charge on any atom is -0.508 e. The van der Waals surface area contributed by atoms with Crippen LogP contribution in [-0.2, 0) is 10.5 Å². The largest absolute Gasteiger partial charge is 0.508 e. The molecular weight excluding hydrogens is 304 g/mol. The van der Waals surface area contributed by atoms with Gasteiger partial charge in [-0.2, -0.15) is 0 Å². The molecule has 0 amide bonds. The summed E-state index contributed by atoms with van der Waals surface area (Å²) in [6, 6.07) is 7.91. The highest BCUT2D eigenvalue weighted by Gasteiger charge is 2.50. The minimum atomic E-state index is -2.06. The van der Waals surface area contributed by atoms with E-state index in [0.29, 0.717) is 5.56 Å². The maximum absolute atomic E-state index is 10.7. The van der Waals surface area contributed by atoms with Crippen molar-refractivity contribution in [2.75, 3.05) is 7.11 Å². The molecule has 0 saturated carbocycles. The Balaban J connectivity index is 2.12. The molecule has 1 aliphatic heterocycles. The fraction of sp³-hybridized carbons (Fsp3) is 0.250. The van der Waals surface area contributed by atoms with Crippen LogP contribution in [0, 0.1) is 0 Å². The number of hydrogen-bond donors (Lipinski definition) is 5. The first kappa shape index (κ1) is 15.4. The average Bonchev–Trinajstić information content (AvgIpc) is 2.53. The second-order valence-corrected chi connectivity index (χ2v) is 5.31. The molecule has 0 spiro atoms. The van der Waals surface area contributed by atoms with Crippen LogP contribution in [0.15, 0.2) is 36.4 Å². The first-order valence-corrected chi connectivity index (χ1v) is 6.84. The topological polar surface area (TPSA) is 120 Å². The maximum atomic E-state index is 10.7. The highest BCUT2D eigenvalue weighted by molar-refractivity contribution is 5.47. The summed E-state index contributed by atoms with van der Waals surface area (Å²) in [5, 5.41) is 49.8. The van der Waals surface area contributed by atoms with Gasteiger partial charge in [-0.3, -0.25) is 0 Å². The Labute approximate surface area is 131 Å². The average molecular weight is 320 g/mol. The normalized spacial score (nSPS) is 26.4. The third-order valence-corrected chi connectivity index (χ3v) is 3.93. The van der Waals surface area contributed by atoms with E-state index in [1.165, 1.54) is 43.5 Å². The van der Waals surface area contributed by atoms with E-state index in [2.05, 4.69) is 0 Å². The number of aliphatic hydroxyl groups excluding tert-OH is 1. The lowest BCUT2D eigenvalue weighted by atomic mass is 9.89. The Bertz CT molecular complexity index is 745. The number of hydrogen-bond acceptors (Lipinski definition) is 7. The van der Waals surface area contributed by atoms with Gasteiger partial charge in [-0.05, 0) is 29.8 Å². The molecule has 23 heavy (non-hydrogen) atoms. The zero-order valence-corrected chi connectivity index (χ0v) is 12.2. The van der Waals surface area contributed by atoms with E-state index in [-0.39, 0.29) is 28.6 Å². The molecule has 0 fully saturated rings. The summed E-state index contributed by atoms with van der Waals surface area (Å²) >= 11 is 0. The van der Waals surface area contributed by atoms with Gasteiger partial charge < -0.3 is 35.0 Å². The van der Waals surface area contributed by atoms with Crippen molar-refractivity contribution in [2.24, 2.45) is 0 Å². The van der Waals surface area contributed by atoms with Crippen molar-refractivity contribution in [3.05, 3.63) is 47.5 Å². The molecule has 7 nitrogen and oxygen atoms in total. The minimum absolute atomic E-state index is 0.0779. The SMILES string of the molecule is COC1(O)c2ccc(O)cc2OC(c2ccc(O)c(O)c2)C1O. The summed E-state index contributed by atoms with van der Waals surface area (Å²) in [6.07, 6.45) is -2.59. The second kappa shape index (κ2) is 5.31. The molecule has 0 aromatic heterocycles. The van der Waals surface area contributed by atoms with E-state index in [1.807, 2.05) is 0 Å². The van der Waals surface area contributed by atoms with Crippen LogP contribution >= 0.6 is 0 Å². The monoisotopic (exact) mass is 320 g/mol.